The van der Waals surface area contributed by atoms with Crippen LogP contribution in [0.15, 0.2) is 0 Å². The zero-order valence-corrected chi connectivity index (χ0v) is 12.8. The van der Waals surface area contributed by atoms with Gasteiger partial charge in [0.2, 0.25) is 0 Å². The second kappa shape index (κ2) is 4.24. The van der Waals surface area contributed by atoms with Crippen molar-refractivity contribution < 1.29 is 4.74 Å². The number of nitrogens with two attached hydrogens (primary N) is 1. The Hall–Kier alpha value is -0.0800. The zero-order valence-electron chi connectivity index (χ0n) is 12.8. The van der Waals surface area contributed by atoms with E-state index in [9.17, 15) is 0 Å². The Kier molecular flexibility index (Phi) is 3.73. The highest BCUT2D eigenvalue weighted by Gasteiger charge is 2.68. The molecule has 0 radical (unpaired) electrons. The molecule has 1 saturated carbocycles. The third-order valence-electron chi connectivity index (χ3n) is 5.47. The Morgan fingerprint density at radius 1 is 1.00 bits per heavy atom. The molecule has 2 N–H and O–H groups in total. The first-order valence-electron chi connectivity index (χ1n) is 6.98. The zero-order chi connectivity index (χ0) is 13.5. The van der Waals surface area contributed by atoms with Gasteiger partial charge in [-0.15, -0.1) is 0 Å². The minimum absolute atomic E-state index is 0.0898. The first-order chi connectivity index (χ1) is 7.64. The molecule has 1 rings (SSSR count). The Balaban J connectivity index is 3.35. The number of methoxy groups -OCH3 is 1. The second-order valence-electron chi connectivity index (χ2n) is 7.02. The third kappa shape index (κ3) is 1.84. The fourth-order valence-electron chi connectivity index (χ4n) is 4.00. The van der Waals surface area contributed by atoms with E-state index in [4.69, 9.17) is 10.5 Å². The largest absolute Gasteiger partial charge is 0.375 e. The van der Waals surface area contributed by atoms with Gasteiger partial charge in [0.15, 0.2) is 0 Å². The van der Waals surface area contributed by atoms with Crippen LogP contribution in [-0.4, -0.2) is 18.2 Å². The van der Waals surface area contributed by atoms with Crippen molar-refractivity contribution in [1.82, 2.24) is 0 Å². The summed E-state index contributed by atoms with van der Waals surface area (Å²) in [4.78, 5) is 0. The smallest absolute Gasteiger partial charge is 0.0957 e. The molecule has 1 aliphatic rings. The molecule has 0 bridgehead atoms. The number of ether oxygens (including phenoxy) is 1. The van der Waals surface area contributed by atoms with E-state index in [2.05, 4.69) is 41.5 Å². The first-order valence-corrected chi connectivity index (χ1v) is 6.98. The molecule has 0 aromatic heterocycles. The molecular formula is C15H31NO. The third-order valence-corrected chi connectivity index (χ3v) is 5.47. The van der Waals surface area contributed by atoms with Gasteiger partial charge >= 0.3 is 0 Å². The van der Waals surface area contributed by atoms with Crippen LogP contribution in [0.1, 0.15) is 67.2 Å². The van der Waals surface area contributed by atoms with E-state index in [1.165, 1.54) is 0 Å². The van der Waals surface area contributed by atoms with Gasteiger partial charge in [-0.1, -0.05) is 41.5 Å². The van der Waals surface area contributed by atoms with Crippen LogP contribution in [0.4, 0.5) is 0 Å². The molecule has 1 aliphatic carbocycles. The number of hydrogen-bond acceptors (Lipinski definition) is 2. The average molecular weight is 241 g/mol. The van der Waals surface area contributed by atoms with Gasteiger partial charge < -0.3 is 10.5 Å². The minimum Gasteiger partial charge on any atom is -0.375 e. The van der Waals surface area contributed by atoms with Gasteiger partial charge in [-0.2, -0.15) is 0 Å². The van der Waals surface area contributed by atoms with Crippen LogP contribution >= 0.6 is 0 Å². The predicted octanol–water partition coefficient (Wildman–Crippen LogP) is 3.74. The van der Waals surface area contributed by atoms with Crippen molar-refractivity contribution in [2.45, 2.75) is 78.4 Å². The lowest BCUT2D eigenvalue weighted by Gasteiger charge is -2.58. The SMILES string of the molecule is CCC(C)(C)C(OC)(C(C)(C)CC)C1(N)CC1. The van der Waals surface area contributed by atoms with E-state index in [1.54, 1.807) is 0 Å². The molecule has 2 nitrogen and oxygen atoms in total. The maximum atomic E-state index is 6.63. The molecule has 0 unspecified atom stereocenters. The summed E-state index contributed by atoms with van der Waals surface area (Å²) >= 11 is 0. The summed E-state index contributed by atoms with van der Waals surface area (Å²) in [6.07, 6.45) is 4.36. The molecule has 0 aliphatic heterocycles. The molecule has 0 aromatic carbocycles. The lowest BCUT2D eigenvalue weighted by molar-refractivity contribution is -0.197. The van der Waals surface area contributed by atoms with E-state index in [0.29, 0.717) is 0 Å². The molecule has 0 amide bonds. The van der Waals surface area contributed by atoms with Gasteiger partial charge in [0.25, 0.3) is 0 Å². The summed E-state index contributed by atoms with van der Waals surface area (Å²) < 4.78 is 6.15. The fourth-order valence-corrected chi connectivity index (χ4v) is 4.00. The maximum Gasteiger partial charge on any atom is 0.0957 e. The summed E-state index contributed by atoms with van der Waals surface area (Å²) in [5.74, 6) is 0. The highest BCUT2D eigenvalue weighted by Crippen LogP contribution is 2.62. The molecule has 2 heteroatoms. The monoisotopic (exact) mass is 241 g/mol. The Bertz CT molecular complexity index is 261. The van der Waals surface area contributed by atoms with E-state index in [-0.39, 0.29) is 22.0 Å². The van der Waals surface area contributed by atoms with Crippen molar-refractivity contribution in [2.75, 3.05) is 7.11 Å². The summed E-state index contributed by atoms with van der Waals surface area (Å²) in [5.41, 5.74) is 6.44. The van der Waals surface area contributed by atoms with E-state index >= 15 is 0 Å². The van der Waals surface area contributed by atoms with Crippen LogP contribution in [0.3, 0.4) is 0 Å². The van der Waals surface area contributed by atoms with Gasteiger partial charge in [0.05, 0.1) is 5.60 Å². The minimum atomic E-state index is -0.240. The number of hydrogen-bond donors (Lipinski definition) is 1. The van der Waals surface area contributed by atoms with Crippen LogP contribution in [0.25, 0.3) is 0 Å². The molecule has 102 valence electrons. The van der Waals surface area contributed by atoms with Gasteiger partial charge in [-0.05, 0) is 36.5 Å². The second-order valence-corrected chi connectivity index (χ2v) is 7.02. The molecule has 0 atom stereocenters. The summed E-state index contributed by atoms with van der Waals surface area (Å²) in [6, 6.07) is 0. The molecule has 0 heterocycles. The van der Waals surface area contributed by atoms with Gasteiger partial charge in [0, 0.05) is 12.6 Å². The maximum absolute atomic E-state index is 6.63. The van der Waals surface area contributed by atoms with E-state index < -0.39 is 0 Å². The molecule has 0 aromatic rings. The highest BCUT2D eigenvalue weighted by molar-refractivity contribution is 5.23. The van der Waals surface area contributed by atoms with Gasteiger partial charge in [-0.3, -0.25) is 0 Å². The van der Waals surface area contributed by atoms with Crippen LogP contribution < -0.4 is 5.73 Å². The molecule has 17 heavy (non-hydrogen) atoms. The molecule has 1 fully saturated rings. The van der Waals surface area contributed by atoms with Crippen LogP contribution in [-0.2, 0) is 4.74 Å². The Morgan fingerprint density at radius 2 is 1.35 bits per heavy atom. The lowest BCUT2D eigenvalue weighted by Crippen LogP contribution is -2.68. The highest BCUT2D eigenvalue weighted by atomic mass is 16.5. The topological polar surface area (TPSA) is 35.2 Å². The number of rotatable bonds is 6. The van der Waals surface area contributed by atoms with Crippen molar-refractivity contribution in [2.24, 2.45) is 16.6 Å². The standard InChI is InChI=1S/C15H31NO/c1-8-12(3,4)15(17-7,13(5,6)9-2)14(16)10-11-14/h8-11,16H2,1-7H3. The molecule has 0 spiro atoms. The normalized spacial score (nSPS) is 20.5. The van der Waals surface area contributed by atoms with Crippen LogP contribution in [0.2, 0.25) is 0 Å². The van der Waals surface area contributed by atoms with E-state index in [0.717, 1.165) is 25.7 Å². The van der Waals surface area contributed by atoms with Crippen molar-refractivity contribution in [3.05, 3.63) is 0 Å². The Labute approximate surface area is 107 Å². The lowest BCUT2D eigenvalue weighted by atomic mass is 9.54. The summed E-state index contributed by atoms with van der Waals surface area (Å²) in [5, 5.41) is 0. The van der Waals surface area contributed by atoms with Crippen LogP contribution in [0, 0.1) is 10.8 Å². The van der Waals surface area contributed by atoms with Crippen molar-refractivity contribution in [3.8, 4) is 0 Å². The van der Waals surface area contributed by atoms with Gasteiger partial charge in [0.1, 0.15) is 0 Å². The van der Waals surface area contributed by atoms with Crippen molar-refractivity contribution in [1.29, 1.82) is 0 Å². The fraction of sp³-hybridized carbons (Fsp3) is 1.00. The van der Waals surface area contributed by atoms with Gasteiger partial charge in [-0.25, -0.2) is 0 Å². The average Bonchev–Trinajstić information content (AvgIpc) is 2.98. The van der Waals surface area contributed by atoms with Crippen LogP contribution in [0.5, 0.6) is 0 Å². The molecule has 0 saturated heterocycles. The van der Waals surface area contributed by atoms with Crippen molar-refractivity contribution >= 4 is 0 Å². The molecular weight excluding hydrogens is 210 g/mol. The van der Waals surface area contributed by atoms with E-state index in [1.807, 2.05) is 7.11 Å². The predicted molar refractivity (Wildman–Crippen MR) is 74.0 cm³/mol. The summed E-state index contributed by atoms with van der Waals surface area (Å²) in [7, 11) is 1.85. The Morgan fingerprint density at radius 3 is 1.53 bits per heavy atom. The van der Waals surface area contributed by atoms with Crippen molar-refractivity contribution in [3.63, 3.8) is 0 Å². The summed E-state index contributed by atoms with van der Waals surface area (Å²) in [6.45, 7) is 13.7. The quantitative estimate of drug-likeness (QED) is 0.769. The first kappa shape index (κ1) is 15.0.